The molecule has 4 heterocycles. The molecule has 0 aliphatic carbocycles. The molecule has 0 spiro atoms. The summed E-state index contributed by atoms with van der Waals surface area (Å²) in [5.74, 6) is 2.54. The number of aromatic nitrogens is 4. The highest BCUT2D eigenvalue weighted by atomic mass is 16.6. The van der Waals surface area contributed by atoms with Gasteiger partial charge in [-0.1, -0.05) is 13.8 Å². The van der Waals surface area contributed by atoms with Gasteiger partial charge in [-0.05, 0) is 12.0 Å². The van der Waals surface area contributed by atoms with E-state index in [1.807, 2.05) is 18.3 Å². The molecule has 124 valence electrons. The largest absolute Gasteiger partial charge is 0.486 e. The van der Waals surface area contributed by atoms with Crippen molar-refractivity contribution in [2.24, 2.45) is 5.92 Å². The average molecular weight is 325 g/mol. The van der Waals surface area contributed by atoms with Gasteiger partial charge in [-0.2, -0.15) is 0 Å². The highest BCUT2D eigenvalue weighted by molar-refractivity contribution is 5.86. The third-order valence-corrected chi connectivity index (χ3v) is 4.08. The Kier molecular flexibility index (Phi) is 3.68. The zero-order valence-electron chi connectivity index (χ0n) is 13.6. The molecule has 0 fully saturated rings. The summed E-state index contributed by atoms with van der Waals surface area (Å²) in [6.07, 6.45) is 5.14. The smallest absolute Gasteiger partial charge is 0.179 e. The zero-order chi connectivity index (χ0) is 16.5. The molecule has 4 rings (SSSR count). The van der Waals surface area contributed by atoms with E-state index in [4.69, 9.17) is 9.47 Å². The Labute approximate surface area is 139 Å². The van der Waals surface area contributed by atoms with Gasteiger partial charge >= 0.3 is 0 Å². The van der Waals surface area contributed by atoms with Crippen LogP contribution >= 0.6 is 0 Å². The van der Waals surface area contributed by atoms with Crippen molar-refractivity contribution in [3.05, 3.63) is 36.5 Å². The number of fused-ring (bicyclic) bond motifs is 2. The van der Waals surface area contributed by atoms with Gasteiger partial charge in [-0.3, -0.25) is 4.98 Å². The number of H-pyrrole nitrogens is 1. The Hall–Kier alpha value is -2.83. The Bertz CT molecular complexity index is 861. The molecule has 0 saturated carbocycles. The lowest BCUT2D eigenvalue weighted by Crippen LogP contribution is -2.21. The van der Waals surface area contributed by atoms with E-state index in [1.54, 1.807) is 12.5 Å². The molecule has 3 aromatic rings. The second-order valence-corrected chi connectivity index (χ2v) is 6.08. The minimum absolute atomic E-state index is 0.00572. The number of hydrogen-bond acceptors (Lipinski definition) is 6. The topological polar surface area (TPSA) is 85.0 Å². The number of anilines is 1. The summed E-state index contributed by atoms with van der Waals surface area (Å²) in [5, 5.41) is 4.46. The van der Waals surface area contributed by atoms with E-state index in [0.29, 0.717) is 24.9 Å². The van der Waals surface area contributed by atoms with Crippen LogP contribution < -0.4 is 14.8 Å². The normalized spacial score (nSPS) is 14.8. The fourth-order valence-corrected chi connectivity index (χ4v) is 2.85. The molecule has 1 atom stereocenters. The number of rotatable bonds is 4. The Morgan fingerprint density at radius 2 is 1.96 bits per heavy atom. The van der Waals surface area contributed by atoms with Crippen LogP contribution in [0.15, 0.2) is 30.9 Å². The van der Waals surface area contributed by atoms with Gasteiger partial charge in [-0.15, -0.1) is 0 Å². The molecule has 0 amide bonds. The van der Waals surface area contributed by atoms with Crippen LogP contribution in [0.25, 0.3) is 11.0 Å². The van der Waals surface area contributed by atoms with Crippen molar-refractivity contribution in [1.29, 1.82) is 0 Å². The minimum atomic E-state index is -0.00572. The maximum absolute atomic E-state index is 5.68. The molecular weight excluding hydrogens is 306 g/mol. The molecule has 24 heavy (non-hydrogen) atoms. The Morgan fingerprint density at radius 1 is 1.12 bits per heavy atom. The van der Waals surface area contributed by atoms with E-state index < -0.39 is 0 Å². The Balaban J connectivity index is 1.69. The van der Waals surface area contributed by atoms with Crippen molar-refractivity contribution < 1.29 is 9.47 Å². The lowest BCUT2D eigenvalue weighted by Gasteiger charge is -2.25. The van der Waals surface area contributed by atoms with Crippen molar-refractivity contribution in [3.63, 3.8) is 0 Å². The maximum atomic E-state index is 5.68. The first kappa shape index (κ1) is 14.7. The van der Waals surface area contributed by atoms with Crippen LogP contribution in [0.5, 0.6) is 11.5 Å². The quantitative estimate of drug-likeness (QED) is 0.767. The molecule has 0 aromatic carbocycles. The van der Waals surface area contributed by atoms with Crippen molar-refractivity contribution in [3.8, 4) is 11.5 Å². The molecule has 3 aromatic heterocycles. The van der Waals surface area contributed by atoms with Gasteiger partial charge in [-0.25, -0.2) is 9.97 Å². The van der Waals surface area contributed by atoms with Gasteiger partial charge in [0.15, 0.2) is 11.5 Å². The average Bonchev–Trinajstić information content (AvgIpc) is 3.08. The van der Waals surface area contributed by atoms with E-state index in [9.17, 15) is 0 Å². The highest BCUT2D eigenvalue weighted by Gasteiger charge is 2.22. The van der Waals surface area contributed by atoms with Crippen LogP contribution in [0.3, 0.4) is 0 Å². The first-order valence-corrected chi connectivity index (χ1v) is 8.02. The molecular formula is C17H19N5O2. The number of nitrogens with zero attached hydrogens (tertiary/aromatic N) is 3. The third-order valence-electron chi connectivity index (χ3n) is 4.08. The number of pyridine rings is 1. The van der Waals surface area contributed by atoms with Crippen LogP contribution in [-0.2, 0) is 0 Å². The minimum Gasteiger partial charge on any atom is -0.486 e. The zero-order valence-corrected chi connectivity index (χ0v) is 13.6. The lowest BCUT2D eigenvalue weighted by atomic mass is 10.00. The molecule has 1 aliphatic heterocycles. The van der Waals surface area contributed by atoms with E-state index in [0.717, 1.165) is 28.3 Å². The SMILES string of the molecule is CC(C)[C@@H](Nc1ncnc2[nH]ccc12)c1cc2c(cn1)OCCO2. The second kappa shape index (κ2) is 5.99. The van der Waals surface area contributed by atoms with E-state index in [1.165, 1.54) is 0 Å². The lowest BCUT2D eigenvalue weighted by molar-refractivity contribution is 0.170. The first-order valence-electron chi connectivity index (χ1n) is 8.02. The van der Waals surface area contributed by atoms with Gasteiger partial charge in [0.25, 0.3) is 0 Å². The monoisotopic (exact) mass is 325 g/mol. The van der Waals surface area contributed by atoms with Crippen LogP contribution in [0.1, 0.15) is 25.6 Å². The van der Waals surface area contributed by atoms with Gasteiger partial charge in [0.2, 0.25) is 0 Å². The number of nitrogens with one attached hydrogen (secondary N) is 2. The summed E-state index contributed by atoms with van der Waals surface area (Å²) >= 11 is 0. The number of hydrogen-bond donors (Lipinski definition) is 2. The van der Waals surface area contributed by atoms with Crippen LogP contribution in [0.2, 0.25) is 0 Å². The molecule has 1 aliphatic rings. The summed E-state index contributed by atoms with van der Waals surface area (Å²) in [7, 11) is 0. The predicted molar refractivity (Wildman–Crippen MR) is 90.3 cm³/mol. The predicted octanol–water partition coefficient (Wildman–Crippen LogP) is 2.93. The first-order chi connectivity index (χ1) is 11.7. The molecule has 2 N–H and O–H groups in total. The van der Waals surface area contributed by atoms with E-state index >= 15 is 0 Å². The van der Waals surface area contributed by atoms with E-state index in [-0.39, 0.29) is 6.04 Å². The fraction of sp³-hybridized carbons (Fsp3) is 0.353. The summed E-state index contributed by atoms with van der Waals surface area (Å²) < 4.78 is 11.2. The summed E-state index contributed by atoms with van der Waals surface area (Å²) in [6, 6.07) is 3.90. The molecule has 0 unspecified atom stereocenters. The standard InChI is InChI=1S/C17H19N5O2/c1-10(2)15(12-7-13-14(8-19-12)24-6-5-23-13)22-17-11-3-4-18-16(11)20-9-21-17/h3-4,7-10,15H,5-6H2,1-2H3,(H2,18,20,21,22)/t15-/m1/s1. The van der Waals surface area contributed by atoms with Gasteiger partial charge in [0.1, 0.15) is 31.0 Å². The fourth-order valence-electron chi connectivity index (χ4n) is 2.85. The highest BCUT2D eigenvalue weighted by Crippen LogP contribution is 2.34. The molecule has 0 saturated heterocycles. The van der Waals surface area contributed by atoms with Crippen LogP contribution in [0, 0.1) is 5.92 Å². The molecule has 7 heteroatoms. The maximum Gasteiger partial charge on any atom is 0.179 e. The summed E-state index contributed by atoms with van der Waals surface area (Å²) in [4.78, 5) is 16.3. The molecule has 0 radical (unpaired) electrons. The van der Waals surface area contributed by atoms with Crippen LogP contribution in [0.4, 0.5) is 5.82 Å². The van der Waals surface area contributed by atoms with Crippen molar-refractivity contribution >= 4 is 16.9 Å². The van der Waals surface area contributed by atoms with E-state index in [2.05, 4.69) is 39.1 Å². The van der Waals surface area contributed by atoms with Gasteiger partial charge < -0.3 is 19.8 Å². The molecule has 7 nitrogen and oxygen atoms in total. The van der Waals surface area contributed by atoms with Gasteiger partial charge in [0, 0.05) is 12.3 Å². The summed E-state index contributed by atoms with van der Waals surface area (Å²) in [5.41, 5.74) is 1.71. The van der Waals surface area contributed by atoms with Crippen molar-refractivity contribution in [2.45, 2.75) is 19.9 Å². The number of ether oxygens (including phenoxy) is 2. The molecule has 0 bridgehead atoms. The van der Waals surface area contributed by atoms with Crippen molar-refractivity contribution in [1.82, 2.24) is 19.9 Å². The summed E-state index contributed by atoms with van der Waals surface area (Å²) in [6.45, 7) is 5.41. The van der Waals surface area contributed by atoms with Crippen LogP contribution in [-0.4, -0.2) is 33.1 Å². The van der Waals surface area contributed by atoms with Gasteiger partial charge in [0.05, 0.1) is 23.3 Å². The third kappa shape index (κ3) is 2.62. The second-order valence-electron chi connectivity index (χ2n) is 6.08. The Morgan fingerprint density at radius 3 is 2.79 bits per heavy atom. The van der Waals surface area contributed by atoms with Crippen molar-refractivity contribution in [2.75, 3.05) is 18.5 Å². The number of aromatic amines is 1.